The zero-order valence-electron chi connectivity index (χ0n) is 12.3. The van der Waals surface area contributed by atoms with E-state index in [2.05, 4.69) is 15.3 Å². The first-order valence-corrected chi connectivity index (χ1v) is 7.45. The summed E-state index contributed by atoms with van der Waals surface area (Å²) < 4.78 is 32.4. The number of aromatic amines is 1. The van der Waals surface area contributed by atoms with Gasteiger partial charge in [-0.3, -0.25) is 4.98 Å². The second kappa shape index (κ2) is 5.62. The van der Waals surface area contributed by atoms with Gasteiger partial charge in [-0.05, 0) is 24.6 Å². The van der Waals surface area contributed by atoms with Crippen LogP contribution in [0.15, 0.2) is 36.7 Å². The smallest absolute Gasteiger partial charge is 0.168 e. The Morgan fingerprint density at radius 3 is 3.09 bits per heavy atom. The average Bonchev–Trinajstić information content (AvgIpc) is 2.95. The molecule has 1 unspecified atom stereocenters. The SMILES string of the molecule is Fc1cc(F)c2c(c1)CC(NCc1cc3cnccc3[nH]1)CO2. The van der Waals surface area contributed by atoms with Crippen molar-refractivity contribution in [2.24, 2.45) is 0 Å². The summed E-state index contributed by atoms with van der Waals surface area (Å²) in [5, 5.41) is 4.41. The van der Waals surface area contributed by atoms with Crippen molar-refractivity contribution in [3.8, 4) is 5.75 Å². The van der Waals surface area contributed by atoms with E-state index in [0.717, 1.165) is 22.7 Å². The van der Waals surface area contributed by atoms with Crippen molar-refractivity contribution in [3.63, 3.8) is 0 Å². The molecule has 0 bridgehead atoms. The minimum Gasteiger partial charge on any atom is -0.489 e. The fourth-order valence-electron chi connectivity index (χ4n) is 2.95. The molecule has 23 heavy (non-hydrogen) atoms. The molecule has 0 radical (unpaired) electrons. The van der Waals surface area contributed by atoms with E-state index in [0.29, 0.717) is 25.1 Å². The topological polar surface area (TPSA) is 49.9 Å². The van der Waals surface area contributed by atoms with E-state index < -0.39 is 11.6 Å². The van der Waals surface area contributed by atoms with Gasteiger partial charge < -0.3 is 15.0 Å². The van der Waals surface area contributed by atoms with E-state index in [1.807, 2.05) is 12.1 Å². The summed E-state index contributed by atoms with van der Waals surface area (Å²) in [6.07, 6.45) is 4.08. The van der Waals surface area contributed by atoms with Crippen molar-refractivity contribution >= 4 is 10.9 Å². The molecule has 0 saturated heterocycles. The number of ether oxygens (including phenoxy) is 1. The number of pyridine rings is 1. The maximum absolute atomic E-state index is 13.6. The summed E-state index contributed by atoms with van der Waals surface area (Å²) in [5.74, 6) is -1.05. The molecular weight excluding hydrogens is 300 g/mol. The lowest BCUT2D eigenvalue weighted by molar-refractivity contribution is 0.226. The van der Waals surface area contributed by atoms with Gasteiger partial charge in [-0.2, -0.15) is 0 Å². The Morgan fingerprint density at radius 2 is 2.22 bits per heavy atom. The summed E-state index contributed by atoms with van der Waals surface area (Å²) >= 11 is 0. The third kappa shape index (κ3) is 2.77. The summed E-state index contributed by atoms with van der Waals surface area (Å²) in [5.41, 5.74) is 2.63. The fraction of sp³-hybridized carbons (Fsp3) is 0.235. The van der Waals surface area contributed by atoms with Crippen LogP contribution in [-0.2, 0) is 13.0 Å². The Labute approximate surface area is 131 Å². The fourth-order valence-corrected chi connectivity index (χ4v) is 2.95. The van der Waals surface area contributed by atoms with Crippen LogP contribution in [-0.4, -0.2) is 22.6 Å². The monoisotopic (exact) mass is 315 g/mol. The zero-order chi connectivity index (χ0) is 15.8. The minimum atomic E-state index is -0.637. The number of nitrogens with one attached hydrogen (secondary N) is 2. The number of hydrogen-bond donors (Lipinski definition) is 2. The van der Waals surface area contributed by atoms with E-state index in [9.17, 15) is 8.78 Å². The van der Waals surface area contributed by atoms with Crippen LogP contribution >= 0.6 is 0 Å². The van der Waals surface area contributed by atoms with E-state index >= 15 is 0 Å². The van der Waals surface area contributed by atoms with Gasteiger partial charge in [0.05, 0.1) is 0 Å². The molecule has 2 N–H and O–H groups in total. The molecule has 6 heteroatoms. The third-order valence-electron chi connectivity index (χ3n) is 4.04. The van der Waals surface area contributed by atoms with Gasteiger partial charge in [-0.15, -0.1) is 0 Å². The van der Waals surface area contributed by atoms with E-state index in [4.69, 9.17) is 4.74 Å². The van der Waals surface area contributed by atoms with Crippen molar-refractivity contribution < 1.29 is 13.5 Å². The number of rotatable bonds is 3. The molecular formula is C17H15F2N3O. The van der Waals surface area contributed by atoms with Crippen LogP contribution in [0.3, 0.4) is 0 Å². The lowest BCUT2D eigenvalue weighted by Gasteiger charge is -2.26. The molecule has 3 aromatic rings. The number of halogens is 2. The van der Waals surface area contributed by atoms with Crippen LogP contribution in [0, 0.1) is 11.6 Å². The van der Waals surface area contributed by atoms with Gasteiger partial charge in [-0.25, -0.2) is 8.78 Å². The Hall–Kier alpha value is -2.47. The predicted molar refractivity (Wildman–Crippen MR) is 82.3 cm³/mol. The average molecular weight is 315 g/mol. The van der Waals surface area contributed by atoms with Crippen molar-refractivity contribution in [2.45, 2.75) is 19.0 Å². The molecule has 4 nitrogen and oxygen atoms in total. The highest BCUT2D eigenvalue weighted by atomic mass is 19.1. The molecule has 1 atom stereocenters. The van der Waals surface area contributed by atoms with Gasteiger partial charge >= 0.3 is 0 Å². The quantitative estimate of drug-likeness (QED) is 0.781. The molecule has 0 aliphatic carbocycles. The van der Waals surface area contributed by atoms with Gasteiger partial charge in [0.2, 0.25) is 0 Å². The van der Waals surface area contributed by atoms with Crippen LogP contribution in [0.4, 0.5) is 8.78 Å². The Bertz CT molecular complexity index is 829. The highest BCUT2D eigenvalue weighted by Crippen LogP contribution is 2.29. The van der Waals surface area contributed by atoms with Gasteiger partial charge in [0.1, 0.15) is 12.4 Å². The van der Waals surface area contributed by atoms with Crippen LogP contribution in [0.25, 0.3) is 10.9 Å². The number of benzene rings is 1. The summed E-state index contributed by atoms with van der Waals surface area (Å²) in [4.78, 5) is 7.40. The lowest BCUT2D eigenvalue weighted by atomic mass is 10.0. The number of aromatic nitrogens is 2. The van der Waals surface area contributed by atoms with Crippen LogP contribution < -0.4 is 10.1 Å². The first-order valence-electron chi connectivity index (χ1n) is 7.45. The van der Waals surface area contributed by atoms with Crippen LogP contribution in [0.5, 0.6) is 5.75 Å². The van der Waals surface area contributed by atoms with Crippen molar-refractivity contribution in [1.82, 2.24) is 15.3 Å². The van der Waals surface area contributed by atoms with Crippen LogP contribution in [0.1, 0.15) is 11.3 Å². The molecule has 1 aliphatic rings. The number of nitrogens with zero attached hydrogens (tertiary/aromatic N) is 1. The van der Waals surface area contributed by atoms with Gasteiger partial charge in [0.15, 0.2) is 11.6 Å². The largest absolute Gasteiger partial charge is 0.489 e. The molecule has 3 heterocycles. The van der Waals surface area contributed by atoms with Crippen LogP contribution in [0.2, 0.25) is 0 Å². The molecule has 0 amide bonds. The molecule has 0 spiro atoms. The molecule has 4 rings (SSSR count). The van der Waals surface area contributed by atoms with Crippen molar-refractivity contribution in [1.29, 1.82) is 0 Å². The molecule has 0 fully saturated rings. The molecule has 2 aromatic heterocycles. The summed E-state index contributed by atoms with van der Waals surface area (Å²) in [6.45, 7) is 0.979. The highest BCUT2D eigenvalue weighted by molar-refractivity contribution is 5.79. The normalized spacial score (nSPS) is 17.0. The Balaban J connectivity index is 1.46. The third-order valence-corrected chi connectivity index (χ3v) is 4.04. The van der Waals surface area contributed by atoms with Crippen molar-refractivity contribution in [3.05, 3.63) is 59.6 Å². The summed E-state index contributed by atoms with van der Waals surface area (Å²) in [6, 6.07) is 6.15. The molecule has 1 aromatic carbocycles. The second-order valence-electron chi connectivity index (χ2n) is 5.73. The minimum absolute atomic E-state index is 0.00763. The van der Waals surface area contributed by atoms with Gasteiger partial charge in [-0.1, -0.05) is 0 Å². The second-order valence-corrected chi connectivity index (χ2v) is 5.73. The number of hydrogen-bond acceptors (Lipinski definition) is 3. The molecule has 118 valence electrons. The highest BCUT2D eigenvalue weighted by Gasteiger charge is 2.23. The maximum atomic E-state index is 13.6. The number of H-pyrrole nitrogens is 1. The van der Waals surface area contributed by atoms with Gasteiger partial charge in [0, 0.05) is 53.2 Å². The lowest BCUT2D eigenvalue weighted by Crippen LogP contribution is -2.39. The van der Waals surface area contributed by atoms with Gasteiger partial charge in [0.25, 0.3) is 0 Å². The first kappa shape index (κ1) is 14.1. The standard InChI is InChI=1S/C17H15F2N3O/c18-12-3-10-4-14(9-23-17(10)15(19)6-12)21-8-13-5-11-7-20-2-1-16(11)22-13/h1-3,5-7,14,21-22H,4,8-9H2. The van der Waals surface area contributed by atoms with E-state index in [-0.39, 0.29) is 11.8 Å². The van der Waals surface area contributed by atoms with Crippen molar-refractivity contribution in [2.75, 3.05) is 6.61 Å². The Kier molecular flexibility index (Phi) is 3.46. The zero-order valence-corrected chi connectivity index (χ0v) is 12.3. The molecule has 1 aliphatic heterocycles. The number of fused-ring (bicyclic) bond motifs is 2. The first-order chi connectivity index (χ1) is 11.2. The van der Waals surface area contributed by atoms with E-state index in [1.165, 1.54) is 6.07 Å². The molecule has 0 saturated carbocycles. The predicted octanol–water partition coefficient (Wildman–Crippen LogP) is 2.93. The summed E-state index contributed by atoms with van der Waals surface area (Å²) in [7, 11) is 0. The maximum Gasteiger partial charge on any atom is 0.168 e. The Morgan fingerprint density at radius 1 is 1.30 bits per heavy atom. The van der Waals surface area contributed by atoms with E-state index in [1.54, 1.807) is 12.4 Å².